The Hall–Kier alpha value is -0.980. The van der Waals surface area contributed by atoms with Crippen molar-refractivity contribution in [3.8, 4) is 0 Å². The molecule has 0 fully saturated rings. The van der Waals surface area contributed by atoms with Crippen molar-refractivity contribution in [1.29, 1.82) is 0 Å². The predicted molar refractivity (Wildman–Crippen MR) is 72.6 cm³/mol. The molecular weight excluding hydrogens is 269 g/mol. The quantitative estimate of drug-likeness (QED) is 0.933. The molecule has 0 amide bonds. The van der Waals surface area contributed by atoms with E-state index in [0.29, 0.717) is 5.56 Å². The molecule has 1 atom stereocenters. The average molecular weight is 283 g/mol. The first-order chi connectivity index (χ1) is 8.61. The molecule has 18 heavy (non-hydrogen) atoms. The maximum absolute atomic E-state index is 13.9. The Balaban J connectivity index is 2.35. The molecule has 2 rings (SSSR count). The molecule has 96 valence electrons. The van der Waals surface area contributed by atoms with Crippen LogP contribution in [0.4, 0.5) is 4.39 Å². The number of rotatable bonds is 4. The molecule has 1 heterocycles. The Kier molecular flexibility index (Phi) is 4.31. The Morgan fingerprint density at radius 3 is 2.83 bits per heavy atom. The highest BCUT2D eigenvalue weighted by molar-refractivity contribution is 8.01. The molecule has 0 aliphatic heterocycles. The maximum Gasteiger partial charge on any atom is 0.174 e. The average Bonchev–Trinajstić information content (AvgIpc) is 2.74. The topological polar surface area (TPSA) is 37.8 Å². The summed E-state index contributed by atoms with van der Waals surface area (Å²) in [5, 5.41) is 3.07. The first kappa shape index (κ1) is 13.5. The van der Waals surface area contributed by atoms with E-state index in [-0.39, 0.29) is 11.9 Å². The summed E-state index contributed by atoms with van der Waals surface area (Å²) in [6.45, 7) is 3.79. The number of nitrogens with zero attached hydrogens (tertiary/aromatic N) is 2. The maximum atomic E-state index is 13.9. The molecule has 2 aromatic rings. The Morgan fingerprint density at radius 2 is 2.22 bits per heavy atom. The van der Waals surface area contributed by atoms with Gasteiger partial charge >= 0.3 is 0 Å². The summed E-state index contributed by atoms with van der Waals surface area (Å²) < 4.78 is 18.9. The van der Waals surface area contributed by atoms with Gasteiger partial charge in [0.15, 0.2) is 4.34 Å². The van der Waals surface area contributed by atoms with E-state index in [9.17, 15) is 4.39 Å². The van der Waals surface area contributed by atoms with Crippen LogP contribution in [0.15, 0.2) is 27.4 Å². The molecule has 1 aromatic heterocycles. The summed E-state index contributed by atoms with van der Waals surface area (Å²) in [6, 6.07) is 5.08. The van der Waals surface area contributed by atoms with Gasteiger partial charge in [0, 0.05) is 16.5 Å². The van der Waals surface area contributed by atoms with Gasteiger partial charge in [0.2, 0.25) is 0 Å². The third-order valence-electron chi connectivity index (χ3n) is 2.59. The van der Waals surface area contributed by atoms with E-state index in [2.05, 4.69) is 14.7 Å². The van der Waals surface area contributed by atoms with E-state index in [0.717, 1.165) is 15.1 Å². The molecule has 0 saturated heterocycles. The predicted octanol–water partition coefficient (Wildman–Crippen LogP) is 3.42. The second-order valence-corrected chi connectivity index (χ2v) is 5.91. The van der Waals surface area contributed by atoms with Crippen molar-refractivity contribution in [2.75, 3.05) is 7.05 Å². The molecule has 1 unspecified atom stereocenters. The minimum atomic E-state index is -0.192. The Labute approximate surface area is 114 Å². The van der Waals surface area contributed by atoms with E-state index in [1.165, 1.54) is 29.4 Å². The molecular formula is C12H14FN3S2. The van der Waals surface area contributed by atoms with Crippen LogP contribution in [0.2, 0.25) is 0 Å². The van der Waals surface area contributed by atoms with Gasteiger partial charge in [0.05, 0.1) is 0 Å². The number of nitrogens with one attached hydrogen (secondary N) is 1. The van der Waals surface area contributed by atoms with Crippen LogP contribution in [0.1, 0.15) is 24.4 Å². The van der Waals surface area contributed by atoms with Gasteiger partial charge < -0.3 is 5.32 Å². The van der Waals surface area contributed by atoms with Gasteiger partial charge in [-0.05, 0) is 44.6 Å². The van der Waals surface area contributed by atoms with E-state index >= 15 is 0 Å². The molecule has 0 saturated carbocycles. The molecule has 0 aliphatic rings. The van der Waals surface area contributed by atoms with E-state index in [1.54, 1.807) is 6.07 Å². The van der Waals surface area contributed by atoms with E-state index in [1.807, 2.05) is 27.0 Å². The zero-order valence-electron chi connectivity index (χ0n) is 10.4. The number of aromatic nitrogens is 2. The van der Waals surface area contributed by atoms with Crippen LogP contribution in [0.25, 0.3) is 0 Å². The summed E-state index contributed by atoms with van der Waals surface area (Å²) in [6.07, 6.45) is 0. The highest BCUT2D eigenvalue weighted by Gasteiger charge is 2.16. The van der Waals surface area contributed by atoms with Crippen LogP contribution in [-0.2, 0) is 0 Å². The summed E-state index contributed by atoms with van der Waals surface area (Å²) in [5.41, 5.74) is 0.679. The standard InChI is InChI=1S/C12H14FN3S2/c1-7(14-3)11-9(13)5-4-6-10(11)17-12-15-8(2)16-18-12/h4-7,14H,1-3H3. The molecule has 3 nitrogen and oxygen atoms in total. The van der Waals surface area contributed by atoms with Crippen molar-refractivity contribution in [3.05, 3.63) is 35.4 Å². The summed E-state index contributed by atoms with van der Waals surface area (Å²) in [7, 11) is 1.82. The highest BCUT2D eigenvalue weighted by atomic mass is 32.2. The Morgan fingerprint density at radius 1 is 1.44 bits per heavy atom. The summed E-state index contributed by atoms with van der Waals surface area (Å²) in [4.78, 5) is 5.17. The van der Waals surface area contributed by atoms with Crippen molar-refractivity contribution in [2.24, 2.45) is 0 Å². The largest absolute Gasteiger partial charge is 0.313 e. The SMILES string of the molecule is CNC(C)c1c(F)cccc1Sc1nc(C)ns1. The van der Waals surface area contributed by atoms with Crippen molar-refractivity contribution in [3.63, 3.8) is 0 Å². The summed E-state index contributed by atoms with van der Waals surface area (Å²) >= 11 is 2.80. The fourth-order valence-corrected chi connectivity index (χ4v) is 3.44. The lowest BCUT2D eigenvalue weighted by Crippen LogP contribution is -2.14. The van der Waals surface area contributed by atoms with Crippen LogP contribution in [0, 0.1) is 12.7 Å². The lowest BCUT2D eigenvalue weighted by Gasteiger charge is -2.15. The number of hydrogen-bond acceptors (Lipinski definition) is 5. The molecule has 0 bridgehead atoms. The molecule has 1 aromatic carbocycles. The second-order valence-electron chi connectivity index (χ2n) is 3.87. The molecule has 0 spiro atoms. The van der Waals surface area contributed by atoms with Gasteiger partial charge in [-0.1, -0.05) is 17.8 Å². The Bertz CT molecular complexity index is 542. The zero-order chi connectivity index (χ0) is 13.1. The third-order valence-corrected chi connectivity index (χ3v) is 4.50. The van der Waals surface area contributed by atoms with Crippen LogP contribution >= 0.6 is 23.3 Å². The van der Waals surface area contributed by atoms with Gasteiger partial charge in [-0.15, -0.1) is 0 Å². The van der Waals surface area contributed by atoms with Crippen LogP contribution in [0.5, 0.6) is 0 Å². The van der Waals surface area contributed by atoms with E-state index in [4.69, 9.17) is 0 Å². The van der Waals surface area contributed by atoms with Crippen molar-refractivity contribution < 1.29 is 4.39 Å². The molecule has 1 N–H and O–H groups in total. The minimum absolute atomic E-state index is 0.0391. The monoisotopic (exact) mass is 283 g/mol. The number of benzene rings is 1. The van der Waals surface area contributed by atoms with E-state index < -0.39 is 0 Å². The third kappa shape index (κ3) is 2.88. The van der Waals surface area contributed by atoms with Gasteiger partial charge in [-0.25, -0.2) is 9.37 Å². The van der Waals surface area contributed by atoms with Gasteiger partial charge in [0.25, 0.3) is 0 Å². The lowest BCUT2D eigenvalue weighted by molar-refractivity contribution is 0.552. The second kappa shape index (κ2) is 5.77. The molecule has 6 heteroatoms. The minimum Gasteiger partial charge on any atom is -0.313 e. The number of halogens is 1. The van der Waals surface area contributed by atoms with Gasteiger partial charge in [0.1, 0.15) is 11.6 Å². The van der Waals surface area contributed by atoms with Crippen LogP contribution in [0.3, 0.4) is 0 Å². The molecule has 0 aliphatic carbocycles. The first-order valence-corrected chi connectivity index (χ1v) is 7.14. The fourth-order valence-electron chi connectivity index (χ4n) is 1.58. The lowest BCUT2D eigenvalue weighted by atomic mass is 10.1. The number of aryl methyl sites for hydroxylation is 1. The van der Waals surface area contributed by atoms with Crippen LogP contribution < -0.4 is 5.32 Å². The van der Waals surface area contributed by atoms with Crippen molar-refractivity contribution in [2.45, 2.75) is 29.1 Å². The summed E-state index contributed by atoms with van der Waals surface area (Å²) in [5.74, 6) is 0.560. The van der Waals surface area contributed by atoms with Gasteiger partial charge in [-0.2, -0.15) is 4.37 Å². The first-order valence-electron chi connectivity index (χ1n) is 5.55. The smallest absolute Gasteiger partial charge is 0.174 e. The zero-order valence-corrected chi connectivity index (χ0v) is 12.0. The van der Waals surface area contributed by atoms with Gasteiger partial charge in [-0.3, -0.25) is 0 Å². The molecule has 0 radical (unpaired) electrons. The van der Waals surface area contributed by atoms with Crippen LogP contribution in [-0.4, -0.2) is 16.4 Å². The normalized spacial score (nSPS) is 12.7. The highest BCUT2D eigenvalue weighted by Crippen LogP contribution is 2.35. The van der Waals surface area contributed by atoms with Crippen molar-refractivity contribution >= 4 is 23.3 Å². The number of hydrogen-bond donors (Lipinski definition) is 1. The fraction of sp³-hybridized carbons (Fsp3) is 0.333. The van der Waals surface area contributed by atoms with Crippen molar-refractivity contribution in [1.82, 2.24) is 14.7 Å².